The maximum Gasteiger partial charge on any atom is 0.243 e. The zero-order valence-corrected chi connectivity index (χ0v) is 17.7. The number of thioether (sulfide) groups is 1. The number of amides is 1. The van der Waals surface area contributed by atoms with Crippen LogP contribution in [-0.4, -0.2) is 44.2 Å². The maximum absolute atomic E-state index is 12.5. The van der Waals surface area contributed by atoms with Crippen LogP contribution in [0.25, 0.3) is 0 Å². The summed E-state index contributed by atoms with van der Waals surface area (Å²) in [4.78, 5) is 12.5. The van der Waals surface area contributed by atoms with Gasteiger partial charge in [0.1, 0.15) is 6.04 Å². The largest absolute Gasteiger partial charge is 0.353 e. The van der Waals surface area contributed by atoms with Crippen molar-refractivity contribution in [2.24, 2.45) is 0 Å². The van der Waals surface area contributed by atoms with Gasteiger partial charge in [0, 0.05) is 22.6 Å². The van der Waals surface area contributed by atoms with Crippen LogP contribution in [0.15, 0.2) is 24.3 Å². The number of sulfonamides is 1. The van der Waals surface area contributed by atoms with Crippen LogP contribution < -0.4 is 9.62 Å². The van der Waals surface area contributed by atoms with E-state index in [1.165, 1.54) is 32.1 Å². The van der Waals surface area contributed by atoms with Gasteiger partial charge >= 0.3 is 0 Å². The lowest BCUT2D eigenvalue weighted by Gasteiger charge is -2.28. The van der Waals surface area contributed by atoms with Crippen molar-refractivity contribution in [2.75, 3.05) is 22.9 Å². The number of nitrogens with zero attached hydrogens (tertiary/aromatic N) is 1. The molecular formula is C18H27ClN2O3S2. The van der Waals surface area contributed by atoms with Crippen LogP contribution >= 0.6 is 23.4 Å². The first-order chi connectivity index (χ1) is 12.3. The second-order valence-corrected chi connectivity index (χ2v) is 10.3. The lowest BCUT2D eigenvalue weighted by Crippen LogP contribution is -2.48. The van der Waals surface area contributed by atoms with Gasteiger partial charge < -0.3 is 5.32 Å². The number of hydrogen-bond donors (Lipinski definition) is 1. The Morgan fingerprint density at radius 3 is 2.46 bits per heavy atom. The van der Waals surface area contributed by atoms with E-state index in [0.29, 0.717) is 22.5 Å². The Bertz CT molecular complexity index is 689. The molecule has 0 aliphatic heterocycles. The maximum atomic E-state index is 12.5. The minimum Gasteiger partial charge on any atom is -0.353 e. The van der Waals surface area contributed by atoms with E-state index in [-0.39, 0.29) is 5.91 Å². The van der Waals surface area contributed by atoms with Crippen molar-refractivity contribution < 1.29 is 13.2 Å². The topological polar surface area (TPSA) is 66.5 Å². The lowest BCUT2D eigenvalue weighted by molar-refractivity contribution is -0.121. The molecule has 8 heteroatoms. The van der Waals surface area contributed by atoms with Crippen LogP contribution in [0, 0.1) is 0 Å². The van der Waals surface area contributed by atoms with Crippen molar-refractivity contribution in [1.29, 1.82) is 0 Å². The number of carbonyl (C=O) groups excluding carboxylic acids is 1. The molecule has 0 heterocycles. The van der Waals surface area contributed by atoms with E-state index in [9.17, 15) is 13.2 Å². The minimum absolute atomic E-state index is 0.297. The number of anilines is 1. The molecule has 1 amide bonds. The van der Waals surface area contributed by atoms with Crippen LogP contribution in [-0.2, 0) is 14.8 Å². The third kappa shape index (κ3) is 6.35. The SMILES string of the molecule is C[C@H](C(=O)NCCSC1CCCCC1)N(c1ccc(Cl)cc1)S(C)(=O)=O. The molecule has 1 fully saturated rings. The predicted octanol–water partition coefficient (Wildman–Crippen LogP) is 3.68. The average molecular weight is 419 g/mol. The Morgan fingerprint density at radius 2 is 1.88 bits per heavy atom. The van der Waals surface area contributed by atoms with E-state index in [1.807, 2.05) is 11.8 Å². The number of benzene rings is 1. The lowest BCUT2D eigenvalue weighted by atomic mass is 10.0. The first-order valence-corrected chi connectivity index (χ1v) is 12.2. The molecule has 1 N–H and O–H groups in total. The van der Waals surface area contributed by atoms with Crippen LogP contribution in [0.1, 0.15) is 39.0 Å². The molecule has 2 rings (SSSR count). The Labute approximate surface area is 165 Å². The van der Waals surface area contributed by atoms with Gasteiger partial charge in [0.2, 0.25) is 15.9 Å². The van der Waals surface area contributed by atoms with Gasteiger partial charge in [-0.2, -0.15) is 11.8 Å². The molecule has 1 aromatic rings. The summed E-state index contributed by atoms with van der Waals surface area (Å²) in [6.07, 6.45) is 7.54. The highest BCUT2D eigenvalue weighted by Gasteiger charge is 2.28. The van der Waals surface area contributed by atoms with Gasteiger partial charge in [0.05, 0.1) is 11.9 Å². The van der Waals surface area contributed by atoms with Crippen LogP contribution in [0.4, 0.5) is 5.69 Å². The molecule has 26 heavy (non-hydrogen) atoms. The fraction of sp³-hybridized carbons (Fsp3) is 0.611. The second kappa shape index (κ2) is 9.85. The quantitative estimate of drug-likeness (QED) is 0.654. The summed E-state index contributed by atoms with van der Waals surface area (Å²) in [5.41, 5.74) is 0.427. The Balaban J connectivity index is 1.91. The van der Waals surface area contributed by atoms with Crippen molar-refractivity contribution in [2.45, 2.75) is 50.3 Å². The molecule has 0 saturated heterocycles. The van der Waals surface area contributed by atoms with E-state index >= 15 is 0 Å². The van der Waals surface area contributed by atoms with Gasteiger partial charge in [-0.3, -0.25) is 9.10 Å². The molecule has 0 bridgehead atoms. The monoisotopic (exact) mass is 418 g/mol. The van der Waals surface area contributed by atoms with E-state index in [4.69, 9.17) is 11.6 Å². The summed E-state index contributed by atoms with van der Waals surface area (Å²) in [7, 11) is -3.60. The summed E-state index contributed by atoms with van der Waals surface area (Å²) in [5, 5.41) is 4.07. The molecule has 1 aromatic carbocycles. The summed E-state index contributed by atoms with van der Waals surface area (Å²) in [6.45, 7) is 2.14. The van der Waals surface area contributed by atoms with Gasteiger partial charge in [-0.05, 0) is 44.0 Å². The van der Waals surface area contributed by atoms with Crippen LogP contribution in [0.2, 0.25) is 5.02 Å². The van der Waals surface area contributed by atoms with E-state index in [0.717, 1.165) is 16.3 Å². The Hall–Kier alpha value is -0.920. The minimum atomic E-state index is -3.60. The van der Waals surface area contributed by atoms with Crippen molar-refractivity contribution in [3.63, 3.8) is 0 Å². The van der Waals surface area contributed by atoms with Crippen LogP contribution in [0.3, 0.4) is 0 Å². The Morgan fingerprint density at radius 1 is 1.27 bits per heavy atom. The highest BCUT2D eigenvalue weighted by molar-refractivity contribution is 7.99. The first kappa shape index (κ1) is 21.4. The predicted molar refractivity (Wildman–Crippen MR) is 111 cm³/mol. The summed E-state index contributed by atoms with van der Waals surface area (Å²) < 4.78 is 25.5. The fourth-order valence-corrected chi connectivity index (χ4v) is 5.70. The highest BCUT2D eigenvalue weighted by Crippen LogP contribution is 2.28. The molecule has 0 aromatic heterocycles. The number of halogens is 1. The number of hydrogen-bond acceptors (Lipinski definition) is 4. The summed E-state index contributed by atoms with van der Waals surface area (Å²) in [5.74, 6) is 0.553. The van der Waals surface area contributed by atoms with Crippen LogP contribution in [0.5, 0.6) is 0 Å². The van der Waals surface area contributed by atoms with Gasteiger partial charge in [0.25, 0.3) is 0 Å². The van der Waals surface area contributed by atoms with Gasteiger partial charge in [-0.15, -0.1) is 0 Å². The normalized spacial score (nSPS) is 16.9. The van der Waals surface area contributed by atoms with E-state index in [2.05, 4.69) is 5.32 Å². The zero-order valence-electron chi connectivity index (χ0n) is 15.3. The smallest absolute Gasteiger partial charge is 0.243 e. The summed E-state index contributed by atoms with van der Waals surface area (Å²) >= 11 is 7.77. The molecule has 1 aliphatic rings. The molecule has 0 radical (unpaired) electrons. The summed E-state index contributed by atoms with van der Waals surface area (Å²) in [6, 6.07) is 5.60. The van der Waals surface area contributed by atoms with E-state index < -0.39 is 16.1 Å². The third-order valence-corrected chi connectivity index (χ3v) is 7.35. The average Bonchev–Trinajstić information content (AvgIpc) is 2.60. The fourth-order valence-electron chi connectivity index (χ4n) is 3.18. The molecule has 5 nitrogen and oxygen atoms in total. The first-order valence-electron chi connectivity index (χ1n) is 8.93. The zero-order chi connectivity index (χ0) is 19.2. The van der Waals surface area contributed by atoms with Gasteiger partial charge in [-0.25, -0.2) is 8.42 Å². The molecule has 1 aliphatic carbocycles. The standard InChI is InChI=1S/C18H27ClN2O3S2/c1-14(18(22)20-12-13-25-17-6-4-3-5-7-17)21(26(2,23)24)16-10-8-15(19)9-11-16/h8-11,14,17H,3-7,12-13H2,1-2H3,(H,20,22)/t14-/m1/s1. The molecule has 1 saturated carbocycles. The second-order valence-electron chi connectivity index (χ2n) is 6.63. The molecule has 1 atom stereocenters. The van der Waals surface area contributed by atoms with Gasteiger partial charge in [-0.1, -0.05) is 30.9 Å². The number of nitrogens with one attached hydrogen (secondary N) is 1. The molecular weight excluding hydrogens is 392 g/mol. The Kier molecular flexibility index (Phi) is 8.10. The molecule has 0 spiro atoms. The highest BCUT2D eigenvalue weighted by atomic mass is 35.5. The van der Waals surface area contributed by atoms with Crippen molar-refractivity contribution in [3.8, 4) is 0 Å². The third-order valence-electron chi connectivity index (χ3n) is 4.48. The van der Waals surface area contributed by atoms with E-state index in [1.54, 1.807) is 31.2 Å². The van der Waals surface area contributed by atoms with Crippen molar-refractivity contribution in [1.82, 2.24) is 5.32 Å². The van der Waals surface area contributed by atoms with Gasteiger partial charge in [0.15, 0.2) is 0 Å². The number of rotatable bonds is 8. The molecule has 146 valence electrons. The van der Waals surface area contributed by atoms with Crippen molar-refractivity contribution >= 4 is 45.0 Å². The number of carbonyl (C=O) groups is 1. The van der Waals surface area contributed by atoms with Crippen molar-refractivity contribution in [3.05, 3.63) is 29.3 Å². The molecule has 0 unspecified atom stereocenters.